The highest BCUT2D eigenvalue weighted by molar-refractivity contribution is 8.24. The van der Waals surface area contributed by atoms with E-state index in [4.69, 9.17) is 16.9 Å². The number of nitrogens with zero attached hydrogens (tertiary/aromatic N) is 3. The fourth-order valence-electron chi connectivity index (χ4n) is 4.14. The minimum Gasteiger partial charge on any atom is -0.479 e. The molecule has 174 valence electrons. The summed E-state index contributed by atoms with van der Waals surface area (Å²) in [6, 6.07) is 7.09. The molecule has 11 heteroatoms. The van der Waals surface area contributed by atoms with Gasteiger partial charge in [0.1, 0.15) is 34.2 Å². The zero-order valence-electron chi connectivity index (χ0n) is 18.1. The Kier molecular flexibility index (Phi) is 5.48. The van der Waals surface area contributed by atoms with Crippen molar-refractivity contribution in [2.45, 2.75) is 30.1 Å². The Morgan fingerprint density at radius 3 is 2.73 bits per heavy atom. The number of carbonyl (C=O) groups excluding carboxylic acids is 1. The zero-order chi connectivity index (χ0) is 24.0. The highest BCUT2D eigenvalue weighted by Gasteiger charge is 2.70. The van der Waals surface area contributed by atoms with Crippen LogP contribution < -0.4 is 15.8 Å². The summed E-state index contributed by atoms with van der Waals surface area (Å²) in [5, 5.41) is 2.68. The van der Waals surface area contributed by atoms with Crippen molar-refractivity contribution in [3.63, 3.8) is 0 Å². The van der Waals surface area contributed by atoms with Gasteiger partial charge in [-0.1, -0.05) is 5.92 Å². The maximum Gasteiger partial charge on any atom is 0.274 e. The van der Waals surface area contributed by atoms with Crippen LogP contribution in [0.3, 0.4) is 0 Å². The van der Waals surface area contributed by atoms with E-state index in [1.165, 1.54) is 37.5 Å². The summed E-state index contributed by atoms with van der Waals surface area (Å²) in [7, 11) is -1.90. The molecule has 1 fully saturated rings. The summed E-state index contributed by atoms with van der Waals surface area (Å²) in [5.74, 6) is 1.56. The molecule has 33 heavy (non-hydrogen) atoms. The number of amides is 1. The number of terminal acetylenes is 1. The molecule has 1 atom stereocenters. The zero-order valence-corrected chi connectivity index (χ0v) is 18.9. The van der Waals surface area contributed by atoms with Crippen LogP contribution in [0.2, 0.25) is 0 Å². The number of nitrogens with two attached hydrogens (primary N) is 1. The smallest absolute Gasteiger partial charge is 0.274 e. The number of hydrogen-bond acceptors (Lipinski definition) is 8. The normalized spacial score (nSPS) is 23.3. The molecule has 0 unspecified atom stereocenters. The Morgan fingerprint density at radius 1 is 1.39 bits per heavy atom. The molecule has 1 spiro atoms. The van der Waals surface area contributed by atoms with Crippen LogP contribution in [0, 0.1) is 18.2 Å². The second kappa shape index (κ2) is 7.91. The molecule has 1 aromatic carbocycles. The Labute approximate surface area is 192 Å². The average molecular weight is 474 g/mol. The number of hydrogen-bond donors (Lipinski definition) is 4. The highest BCUT2D eigenvalue weighted by Crippen LogP contribution is 2.76. The molecule has 1 amide bonds. The van der Waals surface area contributed by atoms with Crippen LogP contribution in [0.25, 0.3) is 0 Å². The topological polar surface area (TPSA) is 133 Å². The number of ether oxygens (including phenoxy) is 1. The van der Waals surface area contributed by atoms with Crippen molar-refractivity contribution >= 4 is 28.3 Å². The lowest BCUT2D eigenvalue weighted by molar-refractivity contribution is 0.102. The molecule has 4 rings (SSSR count). The van der Waals surface area contributed by atoms with E-state index in [-0.39, 0.29) is 23.8 Å². The molecule has 2 aromatic rings. The first-order valence-corrected chi connectivity index (χ1v) is 11.6. The maximum atomic E-state index is 15.0. The summed E-state index contributed by atoms with van der Waals surface area (Å²) in [5.41, 5.74) is 5.16. The van der Waals surface area contributed by atoms with Crippen molar-refractivity contribution in [3.05, 3.63) is 53.6 Å². The van der Waals surface area contributed by atoms with Gasteiger partial charge in [0.05, 0.1) is 6.20 Å². The molecule has 1 saturated carbocycles. The van der Waals surface area contributed by atoms with E-state index < -0.39 is 32.8 Å². The first-order chi connectivity index (χ1) is 15.6. The van der Waals surface area contributed by atoms with E-state index in [0.29, 0.717) is 24.3 Å². The van der Waals surface area contributed by atoms with Crippen LogP contribution in [0.15, 0.2) is 41.5 Å². The van der Waals surface area contributed by atoms with Crippen LogP contribution in [-0.2, 0) is 5.54 Å². The van der Waals surface area contributed by atoms with Gasteiger partial charge in [-0.15, -0.1) is 17.2 Å². The predicted molar refractivity (Wildman–Crippen MR) is 124 cm³/mol. The number of benzene rings is 1. The van der Waals surface area contributed by atoms with Gasteiger partial charge in [0.25, 0.3) is 5.91 Å². The summed E-state index contributed by atoms with van der Waals surface area (Å²) < 4.78 is 42.2. The minimum atomic E-state index is -3.35. The summed E-state index contributed by atoms with van der Waals surface area (Å²) >= 11 is 0. The predicted octanol–water partition coefficient (Wildman–Crippen LogP) is 3.16. The van der Waals surface area contributed by atoms with Gasteiger partial charge in [-0.2, -0.15) is 0 Å². The monoisotopic (exact) mass is 473 g/mol. The van der Waals surface area contributed by atoms with Gasteiger partial charge in [0.15, 0.2) is 0 Å². The molecule has 0 bridgehead atoms. The number of aromatic nitrogens is 1. The summed E-state index contributed by atoms with van der Waals surface area (Å²) in [6.45, 7) is 1.72. The van der Waals surface area contributed by atoms with E-state index in [0.717, 1.165) is 4.31 Å². The first-order valence-electron chi connectivity index (χ1n) is 10.1. The number of nitrogens with one attached hydrogen (secondary N) is 1. The number of guanidine groups is 1. The van der Waals surface area contributed by atoms with Crippen LogP contribution >= 0.6 is 10.8 Å². The van der Waals surface area contributed by atoms with E-state index in [2.05, 4.69) is 21.2 Å². The van der Waals surface area contributed by atoms with Crippen LogP contribution in [0.5, 0.6) is 5.75 Å². The number of aliphatic imine (C=N–C) groups is 1. The standard InChI is InChI=1S/C22H24FN5O4S/c1-4-11-32-15-6-8-18(25-13-15)19(29)26-14-5-7-17(23)16(12-14)21(2)22(9-10-22)33(30,31)28(3)20(24)27-21/h1,5-8,12-13,30-31H,9-11H2,2-3H3,(H2,24,27)(H,26,29)/t21-/m1/s1. The van der Waals surface area contributed by atoms with Gasteiger partial charge in [-0.3, -0.25) is 13.9 Å². The summed E-state index contributed by atoms with van der Waals surface area (Å²) in [6.07, 6.45) is 7.41. The van der Waals surface area contributed by atoms with E-state index in [9.17, 15) is 13.9 Å². The number of anilines is 1. The van der Waals surface area contributed by atoms with E-state index in [1.54, 1.807) is 13.0 Å². The molecule has 1 aromatic heterocycles. The molecule has 1 aliphatic carbocycles. The van der Waals surface area contributed by atoms with Crippen molar-refractivity contribution in [2.24, 2.45) is 10.7 Å². The molecular weight excluding hydrogens is 449 g/mol. The van der Waals surface area contributed by atoms with Gasteiger partial charge >= 0.3 is 0 Å². The van der Waals surface area contributed by atoms with E-state index in [1.807, 2.05) is 0 Å². The quantitative estimate of drug-likeness (QED) is 0.490. The van der Waals surface area contributed by atoms with Crippen LogP contribution in [0.1, 0.15) is 35.8 Å². The average Bonchev–Trinajstić information content (AvgIpc) is 3.61. The molecule has 2 aliphatic rings. The lowest BCUT2D eigenvalue weighted by Gasteiger charge is -2.56. The molecule has 5 N–H and O–H groups in total. The third kappa shape index (κ3) is 3.56. The van der Waals surface area contributed by atoms with Gasteiger partial charge in [0, 0.05) is 18.3 Å². The van der Waals surface area contributed by atoms with Gasteiger partial charge in [-0.05, 0) is 50.1 Å². The van der Waals surface area contributed by atoms with Crippen molar-refractivity contribution in [3.8, 4) is 18.1 Å². The van der Waals surface area contributed by atoms with Crippen molar-refractivity contribution in [1.29, 1.82) is 0 Å². The lowest BCUT2D eigenvalue weighted by atomic mass is 9.86. The SMILES string of the molecule is C#CCOc1ccc(C(=O)Nc2ccc(F)c([C@@]3(C)N=C(N)N(C)S(O)(O)C34CC4)c2)nc1. The Hall–Kier alpha value is -3.33. The van der Waals surface area contributed by atoms with Crippen molar-refractivity contribution < 1.29 is 23.0 Å². The second-order valence-corrected chi connectivity index (χ2v) is 10.4. The largest absolute Gasteiger partial charge is 0.479 e. The fourth-order valence-corrected chi connectivity index (χ4v) is 6.30. The molecule has 0 saturated heterocycles. The highest BCUT2D eigenvalue weighted by atomic mass is 32.3. The summed E-state index contributed by atoms with van der Waals surface area (Å²) in [4.78, 5) is 21.2. The number of carbonyl (C=O) groups is 1. The Bertz CT molecular complexity index is 1180. The van der Waals surface area contributed by atoms with Gasteiger partial charge in [0.2, 0.25) is 5.96 Å². The van der Waals surface area contributed by atoms with Crippen molar-refractivity contribution in [2.75, 3.05) is 19.0 Å². The maximum absolute atomic E-state index is 15.0. The minimum absolute atomic E-state index is 0.0826. The van der Waals surface area contributed by atoms with Crippen molar-refractivity contribution in [1.82, 2.24) is 9.29 Å². The van der Waals surface area contributed by atoms with Gasteiger partial charge < -0.3 is 15.8 Å². The van der Waals surface area contributed by atoms with Crippen LogP contribution in [0.4, 0.5) is 10.1 Å². The number of pyridine rings is 1. The molecule has 9 nitrogen and oxygen atoms in total. The van der Waals surface area contributed by atoms with Gasteiger partial charge in [-0.25, -0.2) is 18.7 Å². The van der Waals surface area contributed by atoms with Crippen LogP contribution in [-0.4, -0.2) is 48.7 Å². The number of rotatable bonds is 5. The Balaban J connectivity index is 1.64. The molecule has 1 aliphatic heterocycles. The first kappa shape index (κ1) is 22.8. The van der Waals surface area contributed by atoms with E-state index >= 15 is 4.39 Å². The third-order valence-corrected chi connectivity index (χ3v) is 9.00. The fraction of sp³-hybridized carbons (Fsp3) is 0.318. The lowest BCUT2D eigenvalue weighted by Crippen LogP contribution is -2.55. The molecular formula is C22H24FN5O4S. The molecule has 2 heterocycles. The second-order valence-electron chi connectivity index (χ2n) is 8.07. The molecule has 0 radical (unpaired) electrons. The number of halogens is 1. The Morgan fingerprint density at radius 2 is 2.12 bits per heavy atom. The third-order valence-electron chi connectivity index (χ3n) is 6.20.